The van der Waals surface area contributed by atoms with Crippen molar-refractivity contribution < 1.29 is 14.8 Å². The van der Waals surface area contributed by atoms with Crippen LogP contribution in [-0.4, -0.2) is 26.0 Å². The van der Waals surface area contributed by atoms with Crippen molar-refractivity contribution in [1.29, 1.82) is 0 Å². The number of rotatable bonds is 5. The first-order chi connectivity index (χ1) is 9.99. The molecule has 0 aliphatic heterocycles. The Morgan fingerprint density at radius 3 is 2.81 bits per heavy atom. The van der Waals surface area contributed by atoms with Crippen LogP contribution in [0, 0.1) is 10.1 Å². The number of nitro groups is 1. The standard InChI is InChI=1S/C13H12N4O4/c1-8(9-3-2-4-14-6-9)16-12-11(13(18)19)5-10(7-15-12)17(20)21/h2-8H,1H3,(H,15,16)(H,18,19). The van der Waals surface area contributed by atoms with Crippen molar-refractivity contribution >= 4 is 17.5 Å². The quantitative estimate of drug-likeness (QED) is 0.639. The van der Waals surface area contributed by atoms with Gasteiger partial charge in [0.25, 0.3) is 5.69 Å². The van der Waals surface area contributed by atoms with E-state index in [1.54, 1.807) is 18.5 Å². The van der Waals surface area contributed by atoms with Gasteiger partial charge in [0.1, 0.15) is 17.6 Å². The SMILES string of the molecule is CC(Nc1ncc([N+](=O)[O-])cc1C(=O)O)c1cccnc1. The van der Waals surface area contributed by atoms with Crippen LogP contribution in [0.25, 0.3) is 0 Å². The van der Waals surface area contributed by atoms with E-state index in [0.29, 0.717) is 0 Å². The van der Waals surface area contributed by atoms with Gasteiger partial charge >= 0.3 is 5.97 Å². The monoisotopic (exact) mass is 288 g/mol. The number of carboxylic acid groups (broad SMARTS) is 1. The number of anilines is 1. The number of nitrogens with zero attached hydrogens (tertiary/aromatic N) is 3. The molecular formula is C13H12N4O4. The van der Waals surface area contributed by atoms with Crippen LogP contribution in [0.1, 0.15) is 28.9 Å². The highest BCUT2D eigenvalue weighted by molar-refractivity contribution is 5.93. The van der Waals surface area contributed by atoms with Crippen molar-refractivity contribution in [3.63, 3.8) is 0 Å². The molecule has 2 rings (SSSR count). The zero-order valence-corrected chi connectivity index (χ0v) is 11.1. The van der Waals surface area contributed by atoms with Gasteiger partial charge in [-0.05, 0) is 18.6 Å². The van der Waals surface area contributed by atoms with Gasteiger partial charge in [-0.25, -0.2) is 9.78 Å². The van der Waals surface area contributed by atoms with Crippen LogP contribution >= 0.6 is 0 Å². The Bertz CT molecular complexity index is 675. The van der Waals surface area contributed by atoms with E-state index < -0.39 is 10.9 Å². The molecule has 0 saturated heterocycles. The van der Waals surface area contributed by atoms with Gasteiger partial charge in [-0.1, -0.05) is 6.07 Å². The lowest BCUT2D eigenvalue weighted by Gasteiger charge is -2.15. The Morgan fingerprint density at radius 2 is 2.24 bits per heavy atom. The molecule has 0 amide bonds. The molecule has 0 radical (unpaired) electrons. The maximum absolute atomic E-state index is 11.2. The van der Waals surface area contributed by atoms with E-state index in [2.05, 4.69) is 15.3 Å². The Balaban J connectivity index is 2.31. The second kappa shape index (κ2) is 5.95. The average molecular weight is 288 g/mol. The molecule has 1 unspecified atom stereocenters. The maximum Gasteiger partial charge on any atom is 0.339 e. The van der Waals surface area contributed by atoms with E-state index in [4.69, 9.17) is 5.11 Å². The molecule has 0 spiro atoms. The number of carbonyl (C=O) groups is 1. The summed E-state index contributed by atoms with van der Waals surface area (Å²) in [5, 5.41) is 22.7. The van der Waals surface area contributed by atoms with Gasteiger partial charge in [0.15, 0.2) is 0 Å². The first-order valence-electron chi connectivity index (χ1n) is 6.03. The molecule has 8 heteroatoms. The van der Waals surface area contributed by atoms with Gasteiger partial charge in [-0.15, -0.1) is 0 Å². The van der Waals surface area contributed by atoms with Crippen LogP contribution < -0.4 is 5.32 Å². The summed E-state index contributed by atoms with van der Waals surface area (Å²) >= 11 is 0. The summed E-state index contributed by atoms with van der Waals surface area (Å²) in [6, 6.07) is 4.32. The lowest BCUT2D eigenvalue weighted by Crippen LogP contribution is -2.13. The molecule has 2 aromatic heterocycles. The van der Waals surface area contributed by atoms with Crippen molar-refractivity contribution in [3.8, 4) is 0 Å². The minimum atomic E-state index is -1.29. The van der Waals surface area contributed by atoms with Gasteiger partial charge in [-0.3, -0.25) is 15.1 Å². The molecule has 0 saturated carbocycles. The van der Waals surface area contributed by atoms with E-state index >= 15 is 0 Å². The number of aromatic nitrogens is 2. The van der Waals surface area contributed by atoms with Crippen LogP contribution in [0.3, 0.4) is 0 Å². The van der Waals surface area contributed by atoms with Crippen LogP contribution in [-0.2, 0) is 0 Å². The van der Waals surface area contributed by atoms with Gasteiger partial charge in [0, 0.05) is 18.5 Å². The Kier molecular flexibility index (Phi) is 4.07. The molecule has 0 aliphatic rings. The molecule has 0 fully saturated rings. The first-order valence-corrected chi connectivity index (χ1v) is 6.03. The lowest BCUT2D eigenvalue weighted by atomic mass is 10.1. The Morgan fingerprint density at radius 1 is 1.48 bits per heavy atom. The van der Waals surface area contributed by atoms with E-state index in [0.717, 1.165) is 17.8 Å². The van der Waals surface area contributed by atoms with Gasteiger partial charge < -0.3 is 10.4 Å². The van der Waals surface area contributed by atoms with E-state index in [-0.39, 0.29) is 23.1 Å². The van der Waals surface area contributed by atoms with Gasteiger partial charge in [0.2, 0.25) is 0 Å². The molecule has 2 heterocycles. The molecule has 108 valence electrons. The zero-order chi connectivity index (χ0) is 15.4. The van der Waals surface area contributed by atoms with Crippen molar-refractivity contribution in [2.45, 2.75) is 13.0 Å². The molecule has 0 aromatic carbocycles. The van der Waals surface area contributed by atoms with Gasteiger partial charge in [0.05, 0.1) is 11.0 Å². The van der Waals surface area contributed by atoms with Crippen molar-refractivity contribution in [1.82, 2.24) is 9.97 Å². The molecule has 0 aliphatic carbocycles. The molecule has 21 heavy (non-hydrogen) atoms. The summed E-state index contributed by atoms with van der Waals surface area (Å²) < 4.78 is 0. The summed E-state index contributed by atoms with van der Waals surface area (Å²) in [6.45, 7) is 1.81. The second-order valence-corrected chi connectivity index (χ2v) is 4.30. The summed E-state index contributed by atoms with van der Waals surface area (Å²) in [6.07, 6.45) is 4.29. The zero-order valence-electron chi connectivity index (χ0n) is 11.1. The predicted octanol–water partition coefficient (Wildman–Crippen LogP) is 2.26. The fourth-order valence-electron chi connectivity index (χ4n) is 1.75. The molecule has 2 N–H and O–H groups in total. The molecule has 2 aromatic rings. The van der Waals surface area contributed by atoms with E-state index in [1.165, 1.54) is 0 Å². The molecule has 1 atom stereocenters. The fraction of sp³-hybridized carbons (Fsp3) is 0.154. The Labute approximate surface area is 119 Å². The summed E-state index contributed by atoms with van der Waals surface area (Å²) in [5.74, 6) is -1.21. The minimum Gasteiger partial charge on any atom is -0.478 e. The summed E-state index contributed by atoms with van der Waals surface area (Å²) in [5.41, 5.74) is 0.223. The highest BCUT2D eigenvalue weighted by Crippen LogP contribution is 2.23. The normalized spacial score (nSPS) is 11.7. The molecular weight excluding hydrogens is 276 g/mol. The third-order valence-corrected chi connectivity index (χ3v) is 2.85. The van der Waals surface area contributed by atoms with Crippen LogP contribution in [0.5, 0.6) is 0 Å². The fourth-order valence-corrected chi connectivity index (χ4v) is 1.75. The number of hydrogen-bond acceptors (Lipinski definition) is 6. The van der Waals surface area contributed by atoms with Gasteiger partial charge in [-0.2, -0.15) is 0 Å². The highest BCUT2D eigenvalue weighted by atomic mass is 16.6. The predicted molar refractivity (Wildman–Crippen MR) is 74.1 cm³/mol. The number of hydrogen-bond donors (Lipinski definition) is 2. The first kappa shape index (κ1) is 14.4. The largest absolute Gasteiger partial charge is 0.478 e. The maximum atomic E-state index is 11.2. The van der Waals surface area contributed by atoms with Crippen LogP contribution in [0.15, 0.2) is 36.8 Å². The molecule has 8 nitrogen and oxygen atoms in total. The third kappa shape index (κ3) is 3.30. The molecule has 0 bridgehead atoms. The van der Waals surface area contributed by atoms with Crippen LogP contribution in [0.4, 0.5) is 11.5 Å². The highest BCUT2D eigenvalue weighted by Gasteiger charge is 2.19. The van der Waals surface area contributed by atoms with E-state index in [9.17, 15) is 14.9 Å². The number of aromatic carboxylic acids is 1. The van der Waals surface area contributed by atoms with Crippen molar-refractivity contribution in [2.75, 3.05) is 5.32 Å². The van der Waals surface area contributed by atoms with Crippen molar-refractivity contribution in [3.05, 3.63) is 58.0 Å². The topological polar surface area (TPSA) is 118 Å². The van der Waals surface area contributed by atoms with Crippen molar-refractivity contribution in [2.24, 2.45) is 0 Å². The lowest BCUT2D eigenvalue weighted by molar-refractivity contribution is -0.385. The number of nitrogens with one attached hydrogen (secondary N) is 1. The second-order valence-electron chi connectivity index (χ2n) is 4.30. The van der Waals surface area contributed by atoms with E-state index in [1.807, 2.05) is 13.0 Å². The number of carboxylic acids is 1. The summed E-state index contributed by atoms with van der Waals surface area (Å²) in [7, 11) is 0. The smallest absolute Gasteiger partial charge is 0.339 e. The average Bonchev–Trinajstić information content (AvgIpc) is 2.48. The third-order valence-electron chi connectivity index (χ3n) is 2.85. The Hall–Kier alpha value is -3.03. The minimum absolute atomic E-state index is 0.0736. The summed E-state index contributed by atoms with van der Waals surface area (Å²) in [4.78, 5) is 29.0. The number of pyridine rings is 2. The van der Waals surface area contributed by atoms with Crippen LogP contribution in [0.2, 0.25) is 0 Å².